The number of nitrogens with zero attached hydrogens (tertiary/aromatic N) is 7. The molecule has 9 heterocycles. The zero-order valence-corrected chi connectivity index (χ0v) is 36.5. The third-order valence-corrected chi connectivity index (χ3v) is 14.3. The molecule has 6 aliphatic rings. The van der Waals surface area contributed by atoms with Crippen molar-refractivity contribution in [1.29, 1.82) is 0 Å². The number of piperidine rings is 6. The molecule has 330 valence electrons. The fourth-order valence-corrected chi connectivity index (χ4v) is 10.9. The van der Waals surface area contributed by atoms with E-state index in [1.165, 1.54) is 0 Å². The number of aryl methyl sites for hydroxylation is 2. The Labute approximate surface area is 369 Å². The zero-order chi connectivity index (χ0) is 43.5. The minimum absolute atomic E-state index is 0.0506. The molecule has 0 N–H and O–H groups in total. The molecule has 6 aliphatic heterocycles. The second kappa shape index (κ2) is 19.0. The number of rotatable bonds is 18. The number of ether oxygens (including phenoxy) is 4. The number of hydrogen-bond donors (Lipinski definition) is 0. The van der Waals surface area contributed by atoms with Gasteiger partial charge in [-0.05, 0) is 124 Å². The van der Waals surface area contributed by atoms with Crippen LogP contribution < -0.4 is 9.47 Å². The van der Waals surface area contributed by atoms with Crippen molar-refractivity contribution in [3.8, 4) is 11.5 Å². The van der Waals surface area contributed by atoms with E-state index in [-0.39, 0.29) is 36.9 Å². The smallest absolute Gasteiger partial charge is 0.306 e. The molecule has 11 rings (SSSR count). The average Bonchev–Trinajstić information content (AvgIpc) is 3.80. The summed E-state index contributed by atoms with van der Waals surface area (Å²) in [6.45, 7) is 12.6. The van der Waals surface area contributed by atoms with Crippen molar-refractivity contribution in [2.75, 3.05) is 40.4 Å². The zero-order valence-electron chi connectivity index (χ0n) is 36.5. The molecule has 0 aliphatic carbocycles. The number of benzene rings is 2. The van der Waals surface area contributed by atoms with Gasteiger partial charge in [0.05, 0.1) is 49.5 Å². The van der Waals surface area contributed by atoms with Gasteiger partial charge in [0.15, 0.2) is 0 Å². The molecule has 2 aromatic carbocycles. The van der Waals surface area contributed by atoms with Gasteiger partial charge in [-0.3, -0.25) is 34.0 Å². The van der Waals surface area contributed by atoms with E-state index in [4.69, 9.17) is 18.9 Å². The standard InChI is InChI=1S/C50H59N7O6/c1-5-32-29-55-23-18-34(32)25-45(55)49(39-16-20-51-43-13-11-37(60-3)27-41(39)43)62-47(58)9-7-8-22-57-31-36(53-54-57)10-15-48(59)63-50(46-26-35-19-24-56(46)30-33(35)6-2)40-17-21-52-44-14-12-38(61-4)28-42(40)44/h5-6,11-14,16-17,20-21,27-28,31-35,45-46,49-50H,1-2,7-10,15,18-19,22-26,29-30H2,3-4H3/t32-,33-,34-,35-,45-,46-,49+,50+/m0/s1. The van der Waals surface area contributed by atoms with Crippen molar-refractivity contribution in [3.63, 3.8) is 0 Å². The number of carbonyl (C=O) groups excluding carboxylic acids is 2. The number of hydrogen-bond acceptors (Lipinski definition) is 12. The van der Waals surface area contributed by atoms with Crippen LogP contribution in [0.1, 0.15) is 80.4 Å². The van der Waals surface area contributed by atoms with Crippen LogP contribution in [0.4, 0.5) is 0 Å². The molecule has 2 unspecified atom stereocenters. The highest BCUT2D eigenvalue weighted by Gasteiger charge is 2.46. The minimum Gasteiger partial charge on any atom is -0.497 e. The van der Waals surface area contributed by atoms with E-state index in [9.17, 15) is 9.59 Å². The van der Waals surface area contributed by atoms with Crippen LogP contribution in [-0.2, 0) is 32.0 Å². The van der Waals surface area contributed by atoms with Crippen molar-refractivity contribution in [3.05, 3.63) is 109 Å². The Balaban J connectivity index is 0.812. The van der Waals surface area contributed by atoms with Gasteiger partial charge in [0.1, 0.15) is 23.7 Å². The summed E-state index contributed by atoms with van der Waals surface area (Å²) in [6, 6.07) is 15.8. The Morgan fingerprint density at radius 2 is 1.29 bits per heavy atom. The molecule has 10 atom stereocenters. The molecule has 4 bridgehead atoms. The second-order valence-electron chi connectivity index (χ2n) is 17.8. The predicted octanol–water partition coefficient (Wildman–Crippen LogP) is 7.86. The number of carbonyl (C=O) groups is 2. The van der Waals surface area contributed by atoms with Crippen molar-refractivity contribution in [2.45, 2.75) is 88.6 Å². The molecule has 13 heteroatoms. The normalized spacial score (nSPS) is 25.9. The summed E-state index contributed by atoms with van der Waals surface area (Å²) in [6.07, 6.45) is 15.1. The molecular formula is C50H59N7O6. The van der Waals surface area contributed by atoms with Crippen molar-refractivity contribution < 1.29 is 28.5 Å². The van der Waals surface area contributed by atoms with Gasteiger partial charge < -0.3 is 18.9 Å². The largest absolute Gasteiger partial charge is 0.497 e. The Kier molecular flexibility index (Phi) is 12.8. The first-order valence-corrected chi connectivity index (χ1v) is 22.7. The van der Waals surface area contributed by atoms with E-state index in [0.717, 1.165) is 108 Å². The monoisotopic (exact) mass is 853 g/mol. The summed E-state index contributed by atoms with van der Waals surface area (Å²) in [7, 11) is 3.31. The van der Waals surface area contributed by atoms with Gasteiger partial charge in [0.25, 0.3) is 0 Å². The lowest BCUT2D eigenvalue weighted by molar-refractivity contribution is -0.158. The minimum atomic E-state index is -0.464. The molecule has 3 aromatic heterocycles. The van der Waals surface area contributed by atoms with Crippen LogP contribution in [0.25, 0.3) is 21.8 Å². The predicted molar refractivity (Wildman–Crippen MR) is 240 cm³/mol. The lowest BCUT2D eigenvalue weighted by Gasteiger charge is -2.51. The number of aromatic nitrogens is 5. The van der Waals surface area contributed by atoms with E-state index in [1.54, 1.807) is 31.3 Å². The van der Waals surface area contributed by atoms with E-state index in [2.05, 4.69) is 55.4 Å². The summed E-state index contributed by atoms with van der Waals surface area (Å²) < 4.78 is 25.9. The second-order valence-corrected chi connectivity index (χ2v) is 17.8. The topological polar surface area (TPSA) is 134 Å². The van der Waals surface area contributed by atoms with Crippen molar-refractivity contribution in [1.82, 2.24) is 34.8 Å². The van der Waals surface area contributed by atoms with Crippen LogP contribution in [0.5, 0.6) is 11.5 Å². The first-order valence-electron chi connectivity index (χ1n) is 22.7. The summed E-state index contributed by atoms with van der Waals surface area (Å²) in [5.74, 6) is 2.90. The third-order valence-electron chi connectivity index (χ3n) is 14.3. The van der Waals surface area contributed by atoms with Gasteiger partial charge in [-0.15, -0.1) is 18.3 Å². The lowest BCUT2D eigenvalue weighted by atomic mass is 9.73. The fraction of sp³-hybridized carbons (Fsp3) is 0.480. The van der Waals surface area contributed by atoms with Crippen LogP contribution in [0.15, 0.2) is 92.4 Å². The van der Waals surface area contributed by atoms with E-state index < -0.39 is 12.2 Å². The SMILES string of the molecule is C=C[C@H]1CN2CC[C@H]1C[C@H]2[C@H](OC(=O)CCCCn1cc(CCC(=O)O[C@H](c2ccnc3ccc(OC)cc23)[C@@H]2C[C@@H]3CCN2C[C@@H]3C=C)nn1)c1ccnc2ccc(OC)cc12. The van der Waals surface area contributed by atoms with E-state index in [0.29, 0.717) is 43.1 Å². The highest BCUT2D eigenvalue weighted by atomic mass is 16.5. The maximum Gasteiger partial charge on any atom is 0.306 e. The van der Waals surface area contributed by atoms with Gasteiger partial charge in [-0.2, -0.15) is 0 Å². The molecule has 0 spiro atoms. The maximum absolute atomic E-state index is 13.7. The van der Waals surface area contributed by atoms with Gasteiger partial charge in [-0.25, -0.2) is 0 Å². The summed E-state index contributed by atoms with van der Waals surface area (Å²) in [4.78, 5) is 41.5. The molecule has 0 amide bonds. The highest BCUT2D eigenvalue weighted by Crippen LogP contribution is 2.45. The van der Waals surface area contributed by atoms with Crippen LogP contribution in [0, 0.1) is 23.7 Å². The van der Waals surface area contributed by atoms with E-state index >= 15 is 0 Å². The Hall–Kier alpha value is -5.66. The highest BCUT2D eigenvalue weighted by molar-refractivity contribution is 5.85. The maximum atomic E-state index is 13.7. The lowest BCUT2D eigenvalue weighted by Crippen LogP contribution is -2.55. The summed E-state index contributed by atoms with van der Waals surface area (Å²) in [5, 5.41) is 10.6. The molecule has 0 radical (unpaired) electrons. The Morgan fingerprint density at radius 1 is 0.746 bits per heavy atom. The van der Waals surface area contributed by atoms with Crippen molar-refractivity contribution >= 4 is 33.7 Å². The Morgan fingerprint density at radius 3 is 1.78 bits per heavy atom. The molecule has 63 heavy (non-hydrogen) atoms. The molecule has 5 aromatic rings. The summed E-state index contributed by atoms with van der Waals surface area (Å²) in [5.41, 5.74) is 4.29. The van der Waals surface area contributed by atoms with Gasteiger partial charge in [0.2, 0.25) is 0 Å². The first-order chi connectivity index (χ1) is 30.8. The van der Waals surface area contributed by atoms with Gasteiger partial charge in [0, 0.05) is 73.0 Å². The number of esters is 2. The van der Waals surface area contributed by atoms with Crippen molar-refractivity contribution in [2.24, 2.45) is 23.7 Å². The fourth-order valence-electron chi connectivity index (χ4n) is 10.9. The third kappa shape index (κ3) is 9.08. The van der Waals surface area contributed by atoms with Crippen LogP contribution >= 0.6 is 0 Å². The number of methoxy groups -OCH3 is 2. The quantitative estimate of drug-likeness (QED) is 0.0483. The molecular weight excluding hydrogens is 795 g/mol. The number of unbranched alkanes of at least 4 members (excludes halogenated alkanes) is 1. The first kappa shape index (κ1) is 42.6. The van der Waals surface area contributed by atoms with Gasteiger partial charge >= 0.3 is 11.9 Å². The molecule has 6 saturated heterocycles. The Bertz CT molecular complexity index is 2450. The summed E-state index contributed by atoms with van der Waals surface area (Å²) >= 11 is 0. The number of fused-ring (bicyclic) bond motifs is 8. The molecule has 13 nitrogen and oxygen atoms in total. The van der Waals surface area contributed by atoms with Crippen LogP contribution in [-0.4, -0.2) is 99.2 Å². The van der Waals surface area contributed by atoms with Crippen LogP contribution in [0.3, 0.4) is 0 Å². The molecule has 0 saturated carbocycles. The van der Waals surface area contributed by atoms with Crippen LogP contribution in [0.2, 0.25) is 0 Å². The average molecular weight is 854 g/mol. The number of pyridine rings is 2. The van der Waals surface area contributed by atoms with E-state index in [1.807, 2.05) is 54.7 Å². The molecule has 6 fully saturated rings. The van der Waals surface area contributed by atoms with Gasteiger partial charge in [-0.1, -0.05) is 17.4 Å².